The molecule has 0 aliphatic carbocycles. The molecule has 0 aromatic heterocycles. The lowest BCUT2D eigenvalue weighted by Gasteiger charge is -2.02. The Kier molecular flexibility index (Phi) is 11.1. The van der Waals surface area contributed by atoms with E-state index in [0.717, 1.165) is 0 Å². The van der Waals surface area contributed by atoms with Gasteiger partial charge in [0.15, 0.2) is 0 Å². The molecule has 0 spiro atoms. The van der Waals surface area contributed by atoms with E-state index in [9.17, 15) is 0 Å². The molecule has 0 atom stereocenters. The van der Waals surface area contributed by atoms with E-state index in [1.807, 2.05) is 27.0 Å². The van der Waals surface area contributed by atoms with Crippen molar-refractivity contribution in [2.45, 2.75) is 34.6 Å². The van der Waals surface area contributed by atoms with Crippen molar-refractivity contribution in [3.05, 3.63) is 11.6 Å². The molecule has 0 rings (SSSR count). The molecule has 0 aliphatic heterocycles. The zero-order chi connectivity index (χ0) is 9.28. The molecule has 0 radical (unpaired) electrons. The van der Waals surface area contributed by atoms with Gasteiger partial charge in [0.25, 0.3) is 0 Å². The Balaban J connectivity index is 0. The van der Waals surface area contributed by atoms with Gasteiger partial charge in [-0.05, 0) is 18.4 Å². The first kappa shape index (κ1) is 13.0. The summed E-state index contributed by atoms with van der Waals surface area (Å²) in [6.07, 6.45) is 4.00. The minimum atomic E-state index is 0.596. The molecule has 0 aromatic carbocycles. The maximum atomic E-state index is 3.93. The third kappa shape index (κ3) is 7.31. The molecule has 66 valence electrons. The second kappa shape index (κ2) is 9.41. The van der Waals surface area contributed by atoms with Crippen molar-refractivity contribution in [3.8, 4) is 0 Å². The second-order valence-corrected chi connectivity index (χ2v) is 2.33. The fourth-order valence-corrected chi connectivity index (χ4v) is 0.706. The summed E-state index contributed by atoms with van der Waals surface area (Å²) < 4.78 is 0. The molecular formula is C10H21N. The van der Waals surface area contributed by atoms with Gasteiger partial charge in [-0.25, -0.2) is 0 Å². The molecule has 11 heavy (non-hydrogen) atoms. The zero-order valence-electron chi connectivity index (χ0n) is 8.68. The molecule has 0 aromatic rings. The molecule has 0 fully saturated rings. The lowest BCUT2D eigenvalue weighted by atomic mass is 10.1. The first-order valence-corrected chi connectivity index (χ1v) is 4.30. The van der Waals surface area contributed by atoms with E-state index in [1.54, 1.807) is 7.05 Å². The van der Waals surface area contributed by atoms with Gasteiger partial charge in [0.05, 0.1) is 0 Å². The van der Waals surface area contributed by atoms with E-state index >= 15 is 0 Å². The third-order valence-electron chi connectivity index (χ3n) is 1.28. The van der Waals surface area contributed by atoms with Crippen molar-refractivity contribution in [1.82, 2.24) is 0 Å². The average molecular weight is 155 g/mol. The van der Waals surface area contributed by atoms with Crippen molar-refractivity contribution in [2.75, 3.05) is 7.05 Å². The summed E-state index contributed by atoms with van der Waals surface area (Å²) in [4.78, 5) is 3.93. The Morgan fingerprint density at radius 3 is 1.82 bits per heavy atom. The predicted octanol–water partition coefficient (Wildman–Crippen LogP) is 3.32. The van der Waals surface area contributed by atoms with E-state index in [1.165, 1.54) is 5.57 Å². The molecule has 0 unspecified atom stereocenters. The van der Waals surface area contributed by atoms with Crippen LogP contribution in [0.25, 0.3) is 0 Å². The molecule has 0 amide bonds. The molecule has 0 bridgehead atoms. The Labute approximate surface area is 71.2 Å². The first-order valence-electron chi connectivity index (χ1n) is 4.30. The van der Waals surface area contributed by atoms with E-state index in [2.05, 4.69) is 24.9 Å². The van der Waals surface area contributed by atoms with Crippen LogP contribution in [-0.2, 0) is 0 Å². The number of allylic oxidation sites excluding steroid dienone is 2. The molecule has 0 saturated carbocycles. The van der Waals surface area contributed by atoms with Crippen LogP contribution in [-0.4, -0.2) is 13.3 Å². The van der Waals surface area contributed by atoms with Crippen LogP contribution >= 0.6 is 0 Å². The normalized spacial score (nSPS) is 11.7. The van der Waals surface area contributed by atoms with Gasteiger partial charge in [-0.2, -0.15) is 0 Å². The monoisotopic (exact) mass is 155 g/mol. The quantitative estimate of drug-likeness (QED) is 0.542. The Hall–Kier alpha value is -0.590. The van der Waals surface area contributed by atoms with Crippen molar-refractivity contribution < 1.29 is 0 Å². The van der Waals surface area contributed by atoms with Crippen LogP contribution in [0.4, 0.5) is 0 Å². The lowest BCUT2D eigenvalue weighted by Crippen LogP contribution is -1.93. The van der Waals surface area contributed by atoms with Crippen LogP contribution in [0.5, 0.6) is 0 Å². The highest BCUT2D eigenvalue weighted by atomic mass is 14.6. The number of aliphatic imine (C=N–C) groups is 1. The van der Waals surface area contributed by atoms with Crippen LogP contribution in [0.1, 0.15) is 34.6 Å². The highest BCUT2D eigenvalue weighted by molar-refractivity contribution is 5.78. The average Bonchev–Trinajstić information content (AvgIpc) is 2.03. The molecule has 1 heteroatoms. The zero-order valence-corrected chi connectivity index (χ0v) is 8.68. The summed E-state index contributed by atoms with van der Waals surface area (Å²) in [5.41, 5.74) is 1.30. The Morgan fingerprint density at radius 2 is 1.73 bits per heavy atom. The van der Waals surface area contributed by atoms with Gasteiger partial charge in [0.1, 0.15) is 0 Å². The highest BCUT2D eigenvalue weighted by Crippen LogP contribution is 2.05. The van der Waals surface area contributed by atoms with Gasteiger partial charge >= 0.3 is 0 Å². The van der Waals surface area contributed by atoms with Crippen LogP contribution in [0.15, 0.2) is 16.6 Å². The minimum Gasteiger partial charge on any atom is -0.296 e. The summed E-state index contributed by atoms with van der Waals surface area (Å²) in [7, 11) is 1.80. The van der Waals surface area contributed by atoms with Crippen molar-refractivity contribution >= 4 is 6.21 Å². The highest BCUT2D eigenvalue weighted by Gasteiger charge is 1.95. The maximum Gasteiger partial charge on any atom is 0.0277 e. The smallest absolute Gasteiger partial charge is 0.0277 e. The van der Waals surface area contributed by atoms with Crippen LogP contribution < -0.4 is 0 Å². The number of hydrogen-bond donors (Lipinski definition) is 0. The van der Waals surface area contributed by atoms with Gasteiger partial charge in [-0.3, -0.25) is 4.99 Å². The summed E-state index contributed by atoms with van der Waals surface area (Å²) >= 11 is 0. The van der Waals surface area contributed by atoms with Gasteiger partial charge in [0.2, 0.25) is 0 Å². The van der Waals surface area contributed by atoms with E-state index in [4.69, 9.17) is 0 Å². The SMILES string of the molecule is C/C=C(\C=NC)C(C)C.CC. The Morgan fingerprint density at radius 1 is 1.27 bits per heavy atom. The molecule has 0 saturated heterocycles. The number of rotatable bonds is 2. The second-order valence-electron chi connectivity index (χ2n) is 2.33. The van der Waals surface area contributed by atoms with Crippen molar-refractivity contribution in [2.24, 2.45) is 10.9 Å². The standard InChI is InChI=1S/C8H15N.C2H6/c1-5-8(6-9-4)7(2)3;1-2/h5-7H,1-4H3;1-2H3/b8-5+,9-6?;. The lowest BCUT2D eigenvalue weighted by molar-refractivity contribution is 0.804. The predicted molar refractivity (Wildman–Crippen MR) is 54.4 cm³/mol. The van der Waals surface area contributed by atoms with Gasteiger partial charge in [0, 0.05) is 13.3 Å². The summed E-state index contributed by atoms with van der Waals surface area (Å²) in [5, 5.41) is 0. The number of nitrogens with zero attached hydrogens (tertiary/aromatic N) is 1. The molecule has 0 N–H and O–H groups in total. The number of hydrogen-bond acceptors (Lipinski definition) is 1. The minimum absolute atomic E-state index is 0.596. The van der Waals surface area contributed by atoms with E-state index < -0.39 is 0 Å². The van der Waals surface area contributed by atoms with Gasteiger partial charge in [-0.1, -0.05) is 33.8 Å². The molecule has 0 heterocycles. The summed E-state index contributed by atoms with van der Waals surface area (Å²) in [6, 6.07) is 0. The van der Waals surface area contributed by atoms with Crippen LogP contribution in [0.3, 0.4) is 0 Å². The topological polar surface area (TPSA) is 12.4 Å². The van der Waals surface area contributed by atoms with E-state index in [0.29, 0.717) is 5.92 Å². The molecule has 1 nitrogen and oxygen atoms in total. The molecule has 0 aliphatic rings. The van der Waals surface area contributed by atoms with Gasteiger partial charge < -0.3 is 0 Å². The molecular weight excluding hydrogens is 134 g/mol. The Bertz CT molecular complexity index is 121. The van der Waals surface area contributed by atoms with Gasteiger partial charge in [-0.15, -0.1) is 0 Å². The first-order chi connectivity index (χ1) is 5.22. The fraction of sp³-hybridized carbons (Fsp3) is 0.700. The third-order valence-corrected chi connectivity index (χ3v) is 1.28. The van der Waals surface area contributed by atoms with Crippen LogP contribution in [0, 0.1) is 5.92 Å². The van der Waals surface area contributed by atoms with E-state index in [-0.39, 0.29) is 0 Å². The maximum absolute atomic E-state index is 3.93. The van der Waals surface area contributed by atoms with Crippen molar-refractivity contribution in [1.29, 1.82) is 0 Å². The fourth-order valence-electron chi connectivity index (χ4n) is 0.706. The summed E-state index contributed by atoms with van der Waals surface area (Å²) in [6.45, 7) is 10.4. The summed E-state index contributed by atoms with van der Waals surface area (Å²) in [5.74, 6) is 0.596. The largest absolute Gasteiger partial charge is 0.296 e. The van der Waals surface area contributed by atoms with Crippen molar-refractivity contribution in [3.63, 3.8) is 0 Å². The van der Waals surface area contributed by atoms with Crippen LogP contribution in [0.2, 0.25) is 0 Å².